The molecule has 0 amide bonds. The van der Waals surface area contributed by atoms with E-state index in [1.54, 1.807) is 45.4 Å². The van der Waals surface area contributed by atoms with Gasteiger partial charge in [-0.3, -0.25) is 9.82 Å². The predicted molar refractivity (Wildman–Crippen MR) is 117 cm³/mol. The van der Waals surface area contributed by atoms with Gasteiger partial charge in [0, 0.05) is 34.6 Å². The molecule has 31 heavy (non-hydrogen) atoms. The summed E-state index contributed by atoms with van der Waals surface area (Å²) in [5, 5.41) is 3.76. The van der Waals surface area contributed by atoms with Gasteiger partial charge in [0.15, 0.2) is 5.75 Å². The Morgan fingerprint density at radius 1 is 1.23 bits per heavy atom. The fraction of sp³-hybridized carbons (Fsp3) is 0.333. The number of carbonyl (C=O) groups excluding carboxylic acids is 1. The lowest BCUT2D eigenvalue weighted by Gasteiger charge is -2.14. The van der Waals surface area contributed by atoms with E-state index in [0.717, 1.165) is 15.7 Å². The number of benzene rings is 1. The number of methoxy groups -OCH3 is 2. The van der Waals surface area contributed by atoms with Gasteiger partial charge < -0.3 is 14.0 Å². The van der Waals surface area contributed by atoms with Gasteiger partial charge in [-0.2, -0.15) is 9.55 Å². The van der Waals surface area contributed by atoms with E-state index in [4.69, 9.17) is 14.3 Å². The third kappa shape index (κ3) is 4.64. The topological polar surface area (TPSA) is 111 Å². The number of oxime groups is 1. The minimum atomic E-state index is -1.71. The van der Waals surface area contributed by atoms with Gasteiger partial charge in [-0.05, 0) is 39.8 Å². The number of pyridine rings is 1. The monoisotopic (exact) mass is 444 g/mol. The van der Waals surface area contributed by atoms with Gasteiger partial charge >= 0.3 is 11.2 Å². The molecule has 0 spiro atoms. The maximum Gasteiger partial charge on any atom is 0.449 e. The lowest BCUT2D eigenvalue weighted by molar-refractivity contribution is 0.150. The highest BCUT2D eigenvalue weighted by Gasteiger charge is 2.29. The summed E-state index contributed by atoms with van der Waals surface area (Å²) in [7, 11) is 3.11. The van der Waals surface area contributed by atoms with Gasteiger partial charge in [0.25, 0.3) is 0 Å². The summed E-state index contributed by atoms with van der Waals surface area (Å²) in [5.41, 5.74) is 3.70. The summed E-state index contributed by atoms with van der Waals surface area (Å²) < 4.78 is 25.1. The first kappa shape index (κ1) is 22.6. The molecule has 2 aromatic heterocycles. The summed E-state index contributed by atoms with van der Waals surface area (Å²) >= 11 is -1.71. The first-order valence-electron chi connectivity index (χ1n) is 9.43. The first-order chi connectivity index (χ1) is 14.8. The molecule has 0 aliphatic heterocycles. The van der Waals surface area contributed by atoms with E-state index in [1.807, 2.05) is 13.8 Å². The van der Waals surface area contributed by atoms with E-state index in [-0.39, 0.29) is 10.9 Å². The average molecular weight is 445 g/mol. The number of aromatic nitrogens is 3. The second-order valence-electron chi connectivity index (χ2n) is 7.02. The third-order valence-electron chi connectivity index (χ3n) is 4.54. The zero-order valence-electron chi connectivity index (χ0n) is 18.3. The highest BCUT2D eigenvalue weighted by molar-refractivity contribution is 7.90. The highest BCUT2D eigenvalue weighted by atomic mass is 32.2. The number of hydrogen-bond donors (Lipinski definition) is 0. The second-order valence-corrected chi connectivity index (χ2v) is 8.36. The van der Waals surface area contributed by atoms with Crippen molar-refractivity contribution in [3.63, 3.8) is 0 Å². The van der Waals surface area contributed by atoms with Crippen LogP contribution in [0.1, 0.15) is 30.7 Å². The summed E-state index contributed by atoms with van der Waals surface area (Å²) in [6.07, 6.45) is 0.863. The van der Waals surface area contributed by atoms with Gasteiger partial charge in [-0.1, -0.05) is 5.16 Å². The van der Waals surface area contributed by atoms with E-state index >= 15 is 0 Å². The van der Waals surface area contributed by atoms with Crippen molar-refractivity contribution in [1.82, 2.24) is 14.5 Å². The van der Waals surface area contributed by atoms with Gasteiger partial charge in [0.1, 0.15) is 11.5 Å². The minimum absolute atomic E-state index is 0.0398. The maximum absolute atomic E-state index is 13.3. The summed E-state index contributed by atoms with van der Waals surface area (Å²) in [6, 6.07) is 5.00. The van der Waals surface area contributed by atoms with E-state index in [2.05, 4.69) is 15.1 Å². The van der Waals surface area contributed by atoms with Gasteiger partial charge in [-0.15, -0.1) is 0 Å². The van der Waals surface area contributed by atoms with Crippen molar-refractivity contribution in [1.29, 1.82) is 0 Å². The Labute approximate surface area is 183 Å². The van der Waals surface area contributed by atoms with Crippen LogP contribution in [0.5, 0.6) is 11.5 Å². The number of rotatable bonds is 6. The Bertz CT molecular complexity index is 1150. The largest absolute Gasteiger partial charge is 0.609 e. The number of imidazole rings is 1. The molecule has 0 aliphatic carbocycles. The molecule has 10 heteroatoms. The van der Waals surface area contributed by atoms with Crippen LogP contribution in [0.4, 0.5) is 4.79 Å². The highest BCUT2D eigenvalue weighted by Crippen LogP contribution is 2.29. The van der Waals surface area contributed by atoms with Crippen LogP contribution < -0.4 is 9.47 Å². The van der Waals surface area contributed by atoms with E-state index in [1.165, 1.54) is 7.11 Å². The molecular weight excluding hydrogens is 420 g/mol. The number of hydrogen-bond acceptors (Lipinski definition) is 8. The molecule has 164 valence electrons. The third-order valence-corrected chi connectivity index (χ3v) is 5.76. The normalized spacial score (nSPS) is 11.8. The van der Waals surface area contributed by atoms with Gasteiger partial charge in [0.2, 0.25) is 0 Å². The van der Waals surface area contributed by atoms with Crippen molar-refractivity contribution in [2.75, 3.05) is 14.2 Å². The van der Waals surface area contributed by atoms with Crippen LogP contribution in [-0.4, -0.2) is 45.1 Å². The summed E-state index contributed by atoms with van der Waals surface area (Å²) in [4.78, 5) is 26.6. The van der Waals surface area contributed by atoms with Crippen molar-refractivity contribution in [3.05, 3.63) is 41.2 Å². The molecule has 0 saturated carbocycles. The van der Waals surface area contributed by atoms with Crippen LogP contribution in [0.2, 0.25) is 0 Å². The van der Waals surface area contributed by atoms with Gasteiger partial charge in [0.05, 0.1) is 36.7 Å². The first-order valence-corrected chi connectivity index (χ1v) is 10.7. The Hall–Kier alpha value is -3.11. The fourth-order valence-corrected chi connectivity index (χ4v) is 4.32. The SMILES string of the molecule is COc1ccc2c(c1)nc([S+]([O-])Cc1ncc(C)c(OC)c1C)n2C(=O)ON=C(C)C. The predicted octanol–water partition coefficient (Wildman–Crippen LogP) is 3.75. The molecular formula is C21H24N4O5S. The quantitative estimate of drug-likeness (QED) is 0.246. The van der Waals surface area contributed by atoms with E-state index in [0.29, 0.717) is 33.9 Å². The van der Waals surface area contributed by atoms with Crippen molar-refractivity contribution < 1.29 is 23.7 Å². The Morgan fingerprint density at radius 2 is 1.97 bits per heavy atom. The molecule has 1 atom stereocenters. The summed E-state index contributed by atoms with van der Waals surface area (Å²) in [5.74, 6) is 1.30. The Balaban J connectivity index is 2.06. The fourth-order valence-electron chi connectivity index (χ4n) is 3.07. The molecule has 0 N–H and O–H groups in total. The standard InChI is InChI=1S/C21H24N4O5S/c1-12(2)24-30-21(26)25-18-8-7-15(28-5)9-16(18)23-20(25)31(27)11-17-14(4)19(29-6)13(3)10-22-17/h7-10H,11H2,1-6H3. The molecule has 2 heterocycles. The molecule has 0 saturated heterocycles. The molecule has 3 aromatic rings. The van der Waals surface area contributed by atoms with E-state index in [9.17, 15) is 9.35 Å². The molecule has 0 bridgehead atoms. The summed E-state index contributed by atoms with van der Waals surface area (Å²) in [6.45, 7) is 7.13. The minimum Gasteiger partial charge on any atom is -0.609 e. The van der Waals surface area contributed by atoms with E-state index < -0.39 is 17.3 Å². The Morgan fingerprint density at radius 3 is 2.61 bits per heavy atom. The van der Waals surface area contributed by atoms with Crippen LogP contribution >= 0.6 is 0 Å². The molecule has 1 aromatic carbocycles. The lowest BCUT2D eigenvalue weighted by Crippen LogP contribution is -2.20. The van der Waals surface area contributed by atoms with Crippen molar-refractivity contribution >= 4 is 34.0 Å². The van der Waals surface area contributed by atoms with Crippen LogP contribution in [0.15, 0.2) is 34.7 Å². The molecule has 1 unspecified atom stereocenters. The number of aryl methyl sites for hydroxylation is 1. The zero-order valence-corrected chi connectivity index (χ0v) is 19.1. The molecule has 0 aliphatic rings. The van der Waals surface area contributed by atoms with Crippen LogP contribution in [0.3, 0.4) is 0 Å². The van der Waals surface area contributed by atoms with Gasteiger partial charge in [-0.25, -0.2) is 4.79 Å². The van der Waals surface area contributed by atoms with Crippen molar-refractivity contribution in [2.45, 2.75) is 38.6 Å². The van der Waals surface area contributed by atoms with Crippen LogP contribution in [0, 0.1) is 13.8 Å². The number of ether oxygens (including phenoxy) is 2. The van der Waals surface area contributed by atoms with Crippen LogP contribution in [0.25, 0.3) is 11.0 Å². The van der Waals surface area contributed by atoms with Crippen molar-refractivity contribution in [2.24, 2.45) is 5.16 Å². The van der Waals surface area contributed by atoms with Crippen molar-refractivity contribution in [3.8, 4) is 11.5 Å². The molecule has 9 nitrogen and oxygen atoms in total. The molecule has 0 radical (unpaired) electrons. The molecule has 3 rings (SSSR count). The zero-order chi connectivity index (χ0) is 22.7. The smallest absolute Gasteiger partial charge is 0.449 e. The number of carbonyl (C=O) groups is 1. The lowest BCUT2D eigenvalue weighted by atomic mass is 10.1. The maximum atomic E-state index is 13.3. The number of fused-ring (bicyclic) bond motifs is 1. The molecule has 0 fully saturated rings. The van der Waals surface area contributed by atoms with Crippen LogP contribution in [-0.2, 0) is 21.8 Å². The average Bonchev–Trinajstić information content (AvgIpc) is 3.13. The number of nitrogens with zero attached hydrogens (tertiary/aromatic N) is 4. The Kier molecular flexibility index (Phi) is 6.81. The second kappa shape index (κ2) is 9.36.